The first-order chi connectivity index (χ1) is 15.5. The van der Waals surface area contributed by atoms with Crippen LogP contribution in [0.4, 0.5) is 5.82 Å². The molecule has 176 valence electrons. The van der Waals surface area contributed by atoms with Crippen LogP contribution in [0.2, 0.25) is 0 Å². The van der Waals surface area contributed by atoms with Gasteiger partial charge in [0.25, 0.3) is 10.0 Å². The number of aromatic carboxylic acids is 1. The summed E-state index contributed by atoms with van der Waals surface area (Å²) in [6.07, 6.45) is 0.766. The van der Waals surface area contributed by atoms with Crippen molar-refractivity contribution in [1.29, 1.82) is 5.26 Å². The number of carbonyl (C=O) groups excluding carboxylic acids is 1. The maximum atomic E-state index is 12.6. The van der Waals surface area contributed by atoms with Crippen LogP contribution in [0.1, 0.15) is 64.7 Å². The molecule has 3 rings (SSSR count). The molecular formula is C22H26N4O5S2. The van der Waals surface area contributed by atoms with E-state index in [0.717, 1.165) is 16.2 Å². The minimum atomic E-state index is -3.90. The van der Waals surface area contributed by atoms with E-state index in [-0.39, 0.29) is 21.3 Å². The predicted molar refractivity (Wildman–Crippen MR) is 124 cm³/mol. The smallest absolute Gasteiger partial charge is 0.337 e. The van der Waals surface area contributed by atoms with E-state index < -0.39 is 27.8 Å². The number of nitriles is 1. The maximum absolute atomic E-state index is 12.6. The summed E-state index contributed by atoms with van der Waals surface area (Å²) in [5.74, 6) is -1.95. The van der Waals surface area contributed by atoms with Crippen LogP contribution in [0.3, 0.4) is 0 Å². The lowest BCUT2D eigenvalue weighted by molar-refractivity contribution is -0.123. The molecule has 0 unspecified atom stereocenters. The molecule has 1 amide bonds. The highest BCUT2D eigenvalue weighted by Gasteiger charge is 2.32. The Bertz CT molecular complexity index is 1240. The maximum Gasteiger partial charge on any atom is 0.337 e. The van der Waals surface area contributed by atoms with Gasteiger partial charge in [0.15, 0.2) is 0 Å². The van der Waals surface area contributed by atoms with E-state index in [0.29, 0.717) is 43.0 Å². The second-order valence-corrected chi connectivity index (χ2v) is 11.5. The highest BCUT2D eigenvalue weighted by molar-refractivity contribution is 7.92. The van der Waals surface area contributed by atoms with Crippen LogP contribution in [0.15, 0.2) is 16.3 Å². The van der Waals surface area contributed by atoms with Crippen LogP contribution in [0.5, 0.6) is 0 Å². The Kier molecular flexibility index (Phi) is 7.09. The third kappa shape index (κ3) is 5.02. The fourth-order valence-corrected chi connectivity index (χ4v) is 6.40. The number of sulfonamides is 1. The zero-order valence-electron chi connectivity index (χ0n) is 18.9. The van der Waals surface area contributed by atoms with Gasteiger partial charge in [0.2, 0.25) is 5.91 Å². The summed E-state index contributed by atoms with van der Waals surface area (Å²) < 4.78 is 27.2. The zero-order chi connectivity index (χ0) is 24.5. The molecule has 0 radical (unpaired) electrons. The number of anilines is 1. The summed E-state index contributed by atoms with van der Waals surface area (Å²) >= 11 is 1.10. The van der Waals surface area contributed by atoms with Gasteiger partial charge in [0, 0.05) is 23.9 Å². The summed E-state index contributed by atoms with van der Waals surface area (Å²) in [5, 5.41) is 19.4. The molecule has 11 heteroatoms. The number of nitrogens with one attached hydrogen (secondary N) is 1. The van der Waals surface area contributed by atoms with Gasteiger partial charge in [-0.15, -0.1) is 11.3 Å². The largest absolute Gasteiger partial charge is 0.478 e. The van der Waals surface area contributed by atoms with E-state index >= 15 is 0 Å². The highest BCUT2D eigenvalue weighted by atomic mass is 32.2. The summed E-state index contributed by atoms with van der Waals surface area (Å²) in [6.45, 7) is 7.84. The normalized spacial score (nSPS) is 14.8. The molecule has 0 spiro atoms. The molecule has 2 N–H and O–H groups in total. The summed E-state index contributed by atoms with van der Waals surface area (Å²) in [7, 11) is -3.90. The number of aromatic nitrogens is 1. The lowest BCUT2D eigenvalue weighted by atomic mass is 9.90. The molecule has 1 saturated heterocycles. The van der Waals surface area contributed by atoms with Gasteiger partial charge in [-0.05, 0) is 50.3 Å². The number of piperidine rings is 1. The van der Waals surface area contributed by atoms with Gasteiger partial charge in [0.1, 0.15) is 16.1 Å². The molecule has 1 aliphatic rings. The lowest BCUT2D eigenvalue weighted by Crippen LogP contribution is -2.42. The number of carboxylic acids is 1. The molecule has 2 aromatic heterocycles. The molecule has 0 aliphatic carbocycles. The average Bonchev–Trinajstić information content (AvgIpc) is 3.19. The second-order valence-electron chi connectivity index (χ2n) is 8.35. The Hall–Kier alpha value is -2.97. The van der Waals surface area contributed by atoms with Gasteiger partial charge in [-0.25, -0.2) is 22.9 Å². The number of hydrogen-bond acceptors (Lipinski definition) is 8. The monoisotopic (exact) mass is 490 g/mol. The van der Waals surface area contributed by atoms with Crippen LogP contribution in [0.25, 0.3) is 0 Å². The van der Waals surface area contributed by atoms with Crippen LogP contribution < -0.4 is 9.62 Å². The van der Waals surface area contributed by atoms with Crippen molar-refractivity contribution in [2.45, 2.75) is 50.7 Å². The molecular weight excluding hydrogens is 464 g/mol. The number of amides is 1. The van der Waals surface area contributed by atoms with Crippen molar-refractivity contribution in [3.8, 4) is 6.07 Å². The van der Waals surface area contributed by atoms with E-state index in [9.17, 15) is 28.4 Å². The van der Waals surface area contributed by atoms with Crippen molar-refractivity contribution in [2.24, 2.45) is 5.92 Å². The molecule has 9 nitrogen and oxygen atoms in total. The fraction of sp³-hybridized carbons (Fsp3) is 0.455. The van der Waals surface area contributed by atoms with Crippen LogP contribution in [-0.4, -0.2) is 43.5 Å². The summed E-state index contributed by atoms with van der Waals surface area (Å²) in [6, 6.07) is 5.29. The number of rotatable bonds is 6. The number of thiophene rings is 1. The van der Waals surface area contributed by atoms with Gasteiger partial charge in [0.05, 0.1) is 16.8 Å². The van der Waals surface area contributed by atoms with E-state index in [1.165, 1.54) is 6.07 Å². The van der Waals surface area contributed by atoms with Crippen molar-refractivity contribution < 1.29 is 23.1 Å². The van der Waals surface area contributed by atoms with Crippen molar-refractivity contribution in [2.75, 3.05) is 18.0 Å². The zero-order valence-corrected chi connectivity index (χ0v) is 20.5. The predicted octanol–water partition coefficient (Wildman–Crippen LogP) is 3.17. The van der Waals surface area contributed by atoms with E-state index in [4.69, 9.17) is 0 Å². The van der Waals surface area contributed by atoms with Gasteiger partial charge in [-0.1, -0.05) is 13.8 Å². The Balaban J connectivity index is 1.79. The number of carbonyl (C=O) groups is 2. The summed E-state index contributed by atoms with van der Waals surface area (Å²) in [4.78, 5) is 31.6. The molecule has 1 aliphatic heterocycles. The average molecular weight is 491 g/mol. The first-order valence-corrected chi connectivity index (χ1v) is 12.8. The van der Waals surface area contributed by atoms with Crippen molar-refractivity contribution in [1.82, 2.24) is 9.71 Å². The molecule has 0 saturated carbocycles. The van der Waals surface area contributed by atoms with Gasteiger partial charge in [-0.2, -0.15) is 5.26 Å². The Labute approximate surface area is 197 Å². The molecule has 33 heavy (non-hydrogen) atoms. The van der Waals surface area contributed by atoms with E-state index in [1.807, 2.05) is 18.7 Å². The van der Waals surface area contributed by atoms with E-state index in [1.54, 1.807) is 19.9 Å². The van der Waals surface area contributed by atoms with Gasteiger partial charge >= 0.3 is 5.97 Å². The molecule has 2 aromatic rings. The first kappa shape index (κ1) is 24.7. The molecule has 1 fully saturated rings. The van der Waals surface area contributed by atoms with Crippen LogP contribution in [-0.2, 0) is 14.8 Å². The quantitative estimate of drug-likeness (QED) is 0.629. The topological polar surface area (TPSA) is 140 Å². The van der Waals surface area contributed by atoms with Crippen molar-refractivity contribution in [3.05, 3.63) is 39.4 Å². The lowest BCUT2D eigenvalue weighted by Gasteiger charge is -2.33. The number of nitrogens with zero attached hydrogens (tertiary/aromatic N) is 3. The Morgan fingerprint density at radius 3 is 2.39 bits per heavy atom. The third-order valence-electron chi connectivity index (χ3n) is 5.68. The first-order valence-electron chi connectivity index (χ1n) is 10.5. The number of pyridine rings is 1. The van der Waals surface area contributed by atoms with Crippen LogP contribution in [0, 0.1) is 31.1 Å². The minimum Gasteiger partial charge on any atom is -0.478 e. The summed E-state index contributed by atoms with van der Waals surface area (Å²) in [5.41, 5.74) is 1.06. The number of hydrogen-bond donors (Lipinski definition) is 2. The Morgan fingerprint density at radius 2 is 1.91 bits per heavy atom. The molecule has 0 atom stereocenters. The third-order valence-corrected chi connectivity index (χ3v) is 8.52. The molecule has 0 bridgehead atoms. The van der Waals surface area contributed by atoms with Gasteiger partial charge < -0.3 is 10.0 Å². The molecule has 3 heterocycles. The SMILES string of the molecule is Cc1ccc(S(=O)(=O)NC(=O)C2CCN(c3nc(C)c(C(=O)O)c(C(C)C)c3C#N)CC2)s1. The molecule has 0 aromatic carbocycles. The second kappa shape index (κ2) is 9.49. The Morgan fingerprint density at radius 1 is 1.27 bits per heavy atom. The number of carboxylic acid groups (broad SMARTS) is 1. The number of aryl methyl sites for hydroxylation is 2. The van der Waals surface area contributed by atoms with E-state index in [2.05, 4.69) is 15.8 Å². The van der Waals surface area contributed by atoms with Crippen LogP contribution >= 0.6 is 11.3 Å². The standard InChI is InChI=1S/C22H26N4O5S2/c1-12(2)18-16(11-23)20(24-14(4)19(18)22(28)29)26-9-7-15(8-10-26)21(27)25-33(30,31)17-6-5-13(3)32-17/h5-6,12,15H,7-10H2,1-4H3,(H,25,27)(H,28,29). The van der Waals surface area contributed by atoms with Gasteiger partial charge in [-0.3, -0.25) is 4.79 Å². The minimum absolute atomic E-state index is 0.0496. The highest BCUT2D eigenvalue weighted by Crippen LogP contribution is 2.33. The fourth-order valence-electron chi connectivity index (χ4n) is 4.07. The van der Waals surface area contributed by atoms with Crippen molar-refractivity contribution >= 4 is 39.1 Å². The van der Waals surface area contributed by atoms with Crippen molar-refractivity contribution in [3.63, 3.8) is 0 Å².